The number of methoxy groups -OCH3 is 2. The molecule has 0 spiro atoms. The van der Waals surface area contributed by atoms with Crippen molar-refractivity contribution in [3.05, 3.63) is 76.1 Å². The number of nitrogens with one attached hydrogen (secondary N) is 2. The number of anilines is 1. The second-order valence-electron chi connectivity index (χ2n) is 6.04. The van der Waals surface area contributed by atoms with Gasteiger partial charge in [0.1, 0.15) is 17.1 Å². The van der Waals surface area contributed by atoms with Crippen molar-refractivity contribution in [2.24, 2.45) is 0 Å². The van der Waals surface area contributed by atoms with E-state index < -0.39 is 11.5 Å². The van der Waals surface area contributed by atoms with Gasteiger partial charge in [-0.15, -0.1) is 0 Å². The van der Waals surface area contributed by atoms with Crippen molar-refractivity contribution in [1.82, 2.24) is 4.98 Å². The zero-order chi connectivity index (χ0) is 19.4. The first kappa shape index (κ1) is 18.3. The topological polar surface area (TPSA) is 80.4 Å². The molecule has 6 heteroatoms. The molecule has 2 N–H and O–H groups in total. The average Bonchev–Trinajstić information content (AvgIpc) is 2.68. The molecule has 0 radical (unpaired) electrons. The van der Waals surface area contributed by atoms with Gasteiger partial charge in [-0.25, -0.2) is 0 Å². The van der Waals surface area contributed by atoms with E-state index in [9.17, 15) is 9.59 Å². The molecule has 0 fully saturated rings. The number of H-pyrrole nitrogens is 1. The monoisotopic (exact) mass is 364 g/mol. The Morgan fingerprint density at radius 1 is 0.926 bits per heavy atom. The first-order valence-corrected chi connectivity index (χ1v) is 8.35. The number of hydrogen-bond acceptors (Lipinski definition) is 4. The van der Waals surface area contributed by atoms with Crippen LogP contribution in [0.15, 0.2) is 59.4 Å². The molecular formula is C21H20N2O4. The lowest BCUT2D eigenvalue weighted by atomic mass is 10.1. The summed E-state index contributed by atoms with van der Waals surface area (Å²) in [7, 11) is 3.05. The van der Waals surface area contributed by atoms with Crippen LogP contribution in [0.5, 0.6) is 11.5 Å². The summed E-state index contributed by atoms with van der Waals surface area (Å²) in [5, 5.41) is 2.70. The predicted molar refractivity (Wildman–Crippen MR) is 105 cm³/mol. The zero-order valence-electron chi connectivity index (χ0n) is 15.3. The highest BCUT2D eigenvalue weighted by Crippen LogP contribution is 2.26. The quantitative estimate of drug-likeness (QED) is 0.725. The highest BCUT2D eigenvalue weighted by molar-refractivity contribution is 6.04. The van der Waals surface area contributed by atoms with Gasteiger partial charge in [-0.1, -0.05) is 29.8 Å². The van der Waals surface area contributed by atoms with Crippen molar-refractivity contribution < 1.29 is 14.3 Å². The van der Waals surface area contributed by atoms with E-state index in [1.165, 1.54) is 20.3 Å². The smallest absolute Gasteiger partial charge is 0.261 e. The molecule has 0 aliphatic rings. The number of rotatable bonds is 5. The number of amides is 1. The standard InChI is InChI=1S/C21H20N2O4/c1-13-4-6-14(7-5-13)19-9-8-18(21(25)23-19)20(24)22-15-10-16(26-2)12-17(11-15)27-3/h4-12H,1-3H3,(H,22,24)(H,23,25). The summed E-state index contributed by atoms with van der Waals surface area (Å²) < 4.78 is 10.4. The number of carbonyl (C=O) groups is 1. The number of carbonyl (C=O) groups excluding carboxylic acids is 1. The molecule has 6 nitrogen and oxygen atoms in total. The van der Waals surface area contributed by atoms with E-state index in [-0.39, 0.29) is 5.56 Å². The Morgan fingerprint density at radius 2 is 1.56 bits per heavy atom. The molecule has 1 heterocycles. The van der Waals surface area contributed by atoms with Crippen molar-refractivity contribution in [1.29, 1.82) is 0 Å². The predicted octanol–water partition coefficient (Wildman–Crippen LogP) is 3.62. The van der Waals surface area contributed by atoms with Crippen molar-refractivity contribution in [3.63, 3.8) is 0 Å². The van der Waals surface area contributed by atoms with Crippen LogP contribution in [-0.2, 0) is 0 Å². The minimum absolute atomic E-state index is 0.0210. The largest absolute Gasteiger partial charge is 0.497 e. The van der Waals surface area contributed by atoms with Crippen LogP contribution in [0.1, 0.15) is 15.9 Å². The summed E-state index contributed by atoms with van der Waals surface area (Å²) in [5.74, 6) is 0.559. The lowest BCUT2D eigenvalue weighted by molar-refractivity contribution is 0.102. The van der Waals surface area contributed by atoms with Crippen LogP contribution in [-0.4, -0.2) is 25.1 Å². The second-order valence-corrected chi connectivity index (χ2v) is 6.04. The molecule has 27 heavy (non-hydrogen) atoms. The number of hydrogen-bond donors (Lipinski definition) is 2. The molecule has 1 amide bonds. The Labute approximate surface area is 156 Å². The second kappa shape index (κ2) is 7.78. The number of ether oxygens (including phenoxy) is 2. The van der Waals surface area contributed by atoms with E-state index in [4.69, 9.17) is 9.47 Å². The van der Waals surface area contributed by atoms with Crippen molar-refractivity contribution in [2.45, 2.75) is 6.92 Å². The van der Waals surface area contributed by atoms with Crippen LogP contribution in [0.2, 0.25) is 0 Å². The number of benzene rings is 2. The summed E-state index contributed by atoms with van der Waals surface area (Å²) in [6.07, 6.45) is 0. The fraction of sp³-hybridized carbons (Fsp3) is 0.143. The molecule has 0 saturated carbocycles. The van der Waals surface area contributed by atoms with Gasteiger partial charge < -0.3 is 19.8 Å². The summed E-state index contributed by atoms with van der Waals surface area (Å²) in [5.41, 5.74) is 2.69. The minimum atomic E-state index is -0.512. The molecule has 3 aromatic rings. The van der Waals surface area contributed by atoms with Gasteiger partial charge in [0.15, 0.2) is 0 Å². The van der Waals surface area contributed by atoms with Gasteiger partial charge in [-0.2, -0.15) is 0 Å². The lowest BCUT2D eigenvalue weighted by Crippen LogP contribution is -2.23. The maximum atomic E-state index is 12.5. The summed E-state index contributed by atoms with van der Waals surface area (Å²) >= 11 is 0. The molecule has 0 saturated heterocycles. The van der Waals surface area contributed by atoms with Gasteiger partial charge in [0.25, 0.3) is 11.5 Å². The third-order valence-electron chi connectivity index (χ3n) is 4.13. The normalized spacial score (nSPS) is 10.3. The molecule has 2 aromatic carbocycles. The van der Waals surface area contributed by atoms with Gasteiger partial charge in [0, 0.05) is 29.6 Å². The van der Waals surface area contributed by atoms with Crippen LogP contribution < -0.4 is 20.3 Å². The van der Waals surface area contributed by atoms with E-state index in [0.717, 1.165) is 11.1 Å². The number of pyridine rings is 1. The number of aromatic amines is 1. The first-order valence-electron chi connectivity index (χ1n) is 8.35. The van der Waals surface area contributed by atoms with E-state index in [0.29, 0.717) is 22.9 Å². The molecule has 0 unspecified atom stereocenters. The van der Waals surface area contributed by atoms with E-state index in [1.54, 1.807) is 24.3 Å². The fourth-order valence-electron chi connectivity index (χ4n) is 2.63. The van der Waals surface area contributed by atoms with Crippen molar-refractivity contribution >= 4 is 11.6 Å². The maximum Gasteiger partial charge on any atom is 0.261 e. The summed E-state index contributed by atoms with van der Waals surface area (Å²) in [6.45, 7) is 1.99. The van der Waals surface area contributed by atoms with E-state index in [1.807, 2.05) is 31.2 Å². The van der Waals surface area contributed by atoms with Crippen molar-refractivity contribution in [2.75, 3.05) is 19.5 Å². The first-order chi connectivity index (χ1) is 13.0. The maximum absolute atomic E-state index is 12.5. The lowest BCUT2D eigenvalue weighted by Gasteiger charge is -2.10. The van der Waals surface area contributed by atoms with Crippen LogP contribution in [0.3, 0.4) is 0 Å². The minimum Gasteiger partial charge on any atom is -0.497 e. The van der Waals surface area contributed by atoms with E-state index in [2.05, 4.69) is 10.3 Å². The Kier molecular flexibility index (Phi) is 5.26. The van der Waals surface area contributed by atoms with Crippen LogP contribution in [0, 0.1) is 6.92 Å². The SMILES string of the molecule is COc1cc(NC(=O)c2ccc(-c3ccc(C)cc3)[nH]c2=O)cc(OC)c1. The third-order valence-corrected chi connectivity index (χ3v) is 4.13. The van der Waals surface area contributed by atoms with Crippen LogP contribution >= 0.6 is 0 Å². The Bertz CT molecular complexity index is 1000. The Morgan fingerprint density at radius 3 is 2.11 bits per heavy atom. The molecule has 0 bridgehead atoms. The summed E-state index contributed by atoms with van der Waals surface area (Å²) in [4.78, 5) is 27.7. The molecule has 0 aliphatic carbocycles. The van der Waals surface area contributed by atoms with Crippen molar-refractivity contribution in [3.8, 4) is 22.8 Å². The average molecular weight is 364 g/mol. The Balaban J connectivity index is 1.85. The third kappa shape index (κ3) is 4.17. The highest BCUT2D eigenvalue weighted by Gasteiger charge is 2.13. The molecule has 0 aliphatic heterocycles. The van der Waals surface area contributed by atoms with Gasteiger partial charge in [-0.3, -0.25) is 9.59 Å². The van der Waals surface area contributed by atoms with E-state index >= 15 is 0 Å². The van der Waals surface area contributed by atoms with Gasteiger partial charge in [-0.05, 0) is 24.6 Å². The zero-order valence-corrected chi connectivity index (χ0v) is 15.3. The van der Waals surface area contributed by atoms with Gasteiger partial charge >= 0.3 is 0 Å². The fourth-order valence-corrected chi connectivity index (χ4v) is 2.63. The van der Waals surface area contributed by atoms with Crippen LogP contribution in [0.4, 0.5) is 5.69 Å². The van der Waals surface area contributed by atoms with Gasteiger partial charge in [0.05, 0.1) is 14.2 Å². The highest BCUT2D eigenvalue weighted by atomic mass is 16.5. The molecule has 0 atom stereocenters. The number of aromatic nitrogens is 1. The Hall–Kier alpha value is -3.54. The van der Waals surface area contributed by atoms with Crippen LogP contribution in [0.25, 0.3) is 11.3 Å². The molecular weight excluding hydrogens is 344 g/mol. The number of aryl methyl sites for hydroxylation is 1. The summed E-state index contributed by atoms with van der Waals surface area (Å²) in [6, 6.07) is 16.0. The molecule has 138 valence electrons. The molecule has 3 rings (SSSR count). The molecule has 1 aromatic heterocycles. The van der Waals surface area contributed by atoms with Gasteiger partial charge in [0.2, 0.25) is 0 Å².